The predicted molar refractivity (Wildman–Crippen MR) is 62.7 cm³/mol. The Balaban J connectivity index is 2.57. The minimum absolute atomic E-state index is 0.0136. The third-order valence-electron chi connectivity index (χ3n) is 2.80. The number of rotatable bonds is 1. The lowest BCUT2D eigenvalue weighted by Gasteiger charge is -2.29. The Morgan fingerprint density at radius 3 is 2.75 bits per heavy atom. The molecule has 0 spiro atoms. The van der Waals surface area contributed by atoms with Crippen LogP contribution in [0.4, 0.5) is 4.39 Å². The molecule has 1 aromatic rings. The van der Waals surface area contributed by atoms with E-state index in [1.165, 1.54) is 24.9 Å². The molecule has 0 saturated heterocycles. The van der Waals surface area contributed by atoms with Crippen molar-refractivity contribution in [3.63, 3.8) is 0 Å². The Kier molecular flexibility index (Phi) is 2.70. The number of hydrogen-bond donors (Lipinski definition) is 0. The standard InChI is InChI=1S/C12H13FO2S/c1-12(2)11(14)7-4-5-9(15-3)10(13)8(7)6-16-12/h4-5H,6H2,1-3H3. The molecule has 86 valence electrons. The van der Waals surface area contributed by atoms with Crippen molar-refractivity contribution in [2.45, 2.75) is 24.3 Å². The van der Waals surface area contributed by atoms with E-state index >= 15 is 0 Å². The van der Waals surface area contributed by atoms with Crippen LogP contribution in [0.1, 0.15) is 29.8 Å². The van der Waals surface area contributed by atoms with Gasteiger partial charge in [-0.3, -0.25) is 4.79 Å². The van der Waals surface area contributed by atoms with Crippen molar-refractivity contribution >= 4 is 17.5 Å². The summed E-state index contributed by atoms with van der Waals surface area (Å²) < 4.78 is 18.3. The SMILES string of the molecule is COc1ccc2c(c1F)CSC(C)(C)C2=O. The van der Waals surface area contributed by atoms with Gasteiger partial charge in [0.1, 0.15) is 0 Å². The fourth-order valence-corrected chi connectivity index (χ4v) is 2.78. The minimum atomic E-state index is -0.464. The first-order valence-electron chi connectivity index (χ1n) is 5.01. The summed E-state index contributed by atoms with van der Waals surface area (Å²) in [6.45, 7) is 3.73. The van der Waals surface area contributed by atoms with Crippen molar-refractivity contribution in [3.05, 3.63) is 29.1 Å². The number of methoxy groups -OCH3 is 1. The van der Waals surface area contributed by atoms with Crippen LogP contribution in [0.2, 0.25) is 0 Å². The van der Waals surface area contributed by atoms with E-state index in [-0.39, 0.29) is 11.5 Å². The lowest BCUT2D eigenvalue weighted by Crippen LogP contribution is -2.32. The highest BCUT2D eigenvalue weighted by atomic mass is 32.2. The maximum absolute atomic E-state index is 13.9. The molecule has 0 saturated carbocycles. The molecule has 1 aliphatic rings. The zero-order chi connectivity index (χ0) is 11.9. The molecule has 2 rings (SSSR count). The van der Waals surface area contributed by atoms with Crippen molar-refractivity contribution in [1.82, 2.24) is 0 Å². The van der Waals surface area contributed by atoms with Crippen molar-refractivity contribution in [1.29, 1.82) is 0 Å². The third-order valence-corrected chi connectivity index (χ3v) is 4.14. The molecule has 1 aliphatic heterocycles. The molecule has 0 amide bonds. The average Bonchev–Trinajstić information content (AvgIpc) is 2.24. The summed E-state index contributed by atoms with van der Waals surface area (Å²) >= 11 is 1.46. The molecule has 0 aromatic heterocycles. The summed E-state index contributed by atoms with van der Waals surface area (Å²) in [7, 11) is 1.42. The van der Waals surface area contributed by atoms with Gasteiger partial charge >= 0.3 is 0 Å². The van der Waals surface area contributed by atoms with Gasteiger partial charge in [0, 0.05) is 16.9 Å². The molecule has 1 heterocycles. The van der Waals surface area contributed by atoms with Gasteiger partial charge in [0.2, 0.25) is 0 Å². The smallest absolute Gasteiger partial charge is 0.178 e. The molecule has 2 nitrogen and oxygen atoms in total. The van der Waals surface area contributed by atoms with Gasteiger partial charge in [-0.05, 0) is 26.0 Å². The summed E-state index contributed by atoms with van der Waals surface area (Å²) in [5.41, 5.74) is 0.954. The largest absolute Gasteiger partial charge is 0.494 e. The van der Waals surface area contributed by atoms with E-state index in [4.69, 9.17) is 4.74 Å². The van der Waals surface area contributed by atoms with Gasteiger partial charge in [-0.1, -0.05) is 0 Å². The second-order valence-electron chi connectivity index (χ2n) is 4.24. The molecule has 0 bridgehead atoms. The van der Waals surface area contributed by atoms with E-state index in [1.807, 2.05) is 13.8 Å². The van der Waals surface area contributed by atoms with Gasteiger partial charge in [0.25, 0.3) is 0 Å². The Labute approximate surface area is 98.2 Å². The molecule has 0 atom stereocenters. The number of hydrogen-bond acceptors (Lipinski definition) is 3. The van der Waals surface area contributed by atoms with Crippen LogP contribution in [0.3, 0.4) is 0 Å². The second-order valence-corrected chi connectivity index (χ2v) is 5.83. The molecular formula is C12H13FO2S. The molecule has 0 radical (unpaired) electrons. The van der Waals surface area contributed by atoms with Crippen molar-refractivity contribution in [3.8, 4) is 5.75 Å². The van der Waals surface area contributed by atoms with E-state index in [9.17, 15) is 9.18 Å². The fourth-order valence-electron chi connectivity index (χ4n) is 1.75. The molecule has 0 fully saturated rings. The van der Waals surface area contributed by atoms with Crippen LogP contribution in [0.5, 0.6) is 5.75 Å². The molecule has 0 N–H and O–H groups in total. The summed E-state index contributed by atoms with van der Waals surface area (Å²) in [6.07, 6.45) is 0. The lowest BCUT2D eigenvalue weighted by molar-refractivity contribution is 0.0954. The topological polar surface area (TPSA) is 26.3 Å². The average molecular weight is 240 g/mol. The summed E-state index contributed by atoms with van der Waals surface area (Å²) in [5.74, 6) is 0.292. The van der Waals surface area contributed by atoms with Crippen LogP contribution in [0.25, 0.3) is 0 Å². The summed E-state index contributed by atoms with van der Waals surface area (Å²) in [5, 5.41) is 0. The summed E-state index contributed by atoms with van der Waals surface area (Å²) in [6, 6.07) is 3.17. The first-order chi connectivity index (χ1) is 7.47. The van der Waals surface area contributed by atoms with Gasteiger partial charge < -0.3 is 4.74 Å². The highest BCUT2D eigenvalue weighted by Gasteiger charge is 2.36. The Hall–Kier alpha value is -1.03. The quantitative estimate of drug-likeness (QED) is 0.754. The second kappa shape index (κ2) is 3.77. The van der Waals surface area contributed by atoms with E-state index < -0.39 is 10.6 Å². The van der Waals surface area contributed by atoms with E-state index in [0.29, 0.717) is 16.9 Å². The molecule has 1 aromatic carbocycles. The van der Waals surface area contributed by atoms with Crippen molar-refractivity contribution in [2.75, 3.05) is 7.11 Å². The number of carbonyl (C=O) groups is 1. The normalized spacial score (nSPS) is 18.1. The van der Waals surface area contributed by atoms with Crippen LogP contribution < -0.4 is 4.74 Å². The Bertz CT molecular complexity index is 455. The zero-order valence-corrected chi connectivity index (χ0v) is 10.3. The third kappa shape index (κ3) is 1.61. The van der Waals surface area contributed by atoms with Crippen LogP contribution in [-0.4, -0.2) is 17.6 Å². The number of ketones is 1. The minimum Gasteiger partial charge on any atom is -0.494 e. The number of carbonyl (C=O) groups excluding carboxylic acids is 1. The van der Waals surface area contributed by atoms with Crippen LogP contribution in [-0.2, 0) is 5.75 Å². The highest BCUT2D eigenvalue weighted by molar-refractivity contribution is 8.00. The highest BCUT2D eigenvalue weighted by Crippen LogP contribution is 2.40. The van der Waals surface area contributed by atoms with Gasteiger partial charge in [0.05, 0.1) is 11.9 Å². The molecule has 4 heteroatoms. The maximum atomic E-state index is 13.9. The first-order valence-corrected chi connectivity index (χ1v) is 6.00. The number of thioether (sulfide) groups is 1. The van der Waals surface area contributed by atoms with Gasteiger partial charge in [0.15, 0.2) is 17.3 Å². The van der Waals surface area contributed by atoms with Crippen molar-refractivity contribution < 1.29 is 13.9 Å². The first kappa shape index (κ1) is 11.5. The van der Waals surface area contributed by atoms with Gasteiger partial charge in [-0.15, -0.1) is 11.8 Å². The fraction of sp³-hybridized carbons (Fsp3) is 0.417. The number of Topliss-reactive ketones (excluding diaryl/α,β-unsaturated/α-hetero) is 1. The number of benzene rings is 1. The van der Waals surface area contributed by atoms with E-state index in [2.05, 4.69) is 0 Å². The Morgan fingerprint density at radius 1 is 1.44 bits per heavy atom. The Morgan fingerprint density at radius 2 is 2.12 bits per heavy atom. The number of fused-ring (bicyclic) bond motifs is 1. The van der Waals surface area contributed by atoms with Crippen LogP contribution in [0, 0.1) is 5.82 Å². The molecule has 0 aliphatic carbocycles. The maximum Gasteiger partial charge on any atom is 0.178 e. The molecule has 0 unspecified atom stereocenters. The molecule has 16 heavy (non-hydrogen) atoms. The lowest BCUT2D eigenvalue weighted by atomic mass is 9.95. The summed E-state index contributed by atoms with van der Waals surface area (Å²) in [4.78, 5) is 12.1. The van der Waals surface area contributed by atoms with Crippen LogP contribution in [0.15, 0.2) is 12.1 Å². The predicted octanol–water partition coefficient (Wildman–Crippen LogP) is 3.04. The van der Waals surface area contributed by atoms with Gasteiger partial charge in [-0.25, -0.2) is 4.39 Å². The van der Waals surface area contributed by atoms with E-state index in [0.717, 1.165) is 0 Å². The van der Waals surface area contributed by atoms with Crippen molar-refractivity contribution in [2.24, 2.45) is 0 Å². The van der Waals surface area contributed by atoms with Crippen LogP contribution >= 0.6 is 11.8 Å². The number of ether oxygens (including phenoxy) is 1. The monoisotopic (exact) mass is 240 g/mol. The van der Waals surface area contributed by atoms with E-state index in [1.54, 1.807) is 6.07 Å². The zero-order valence-electron chi connectivity index (χ0n) is 9.46. The number of halogens is 1. The molecular weight excluding hydrogens is 227 g/mol. The van der Waals surface area contributed by atoms with Gasteiger partial charge in [-0.2, -0.15) is 0 Å².